The number of fused-ring (bicyclic) bond motifs is 1. The number of aromatic nitrogens is 2. The molecule has 3 aromatic rings. The number of carbonyl (C=O) groups excluding carboxylic acids is 1. The highest BCUT2D eigenvalue weighted by molar-refractivity contribution is 6.02. The Morgan fingerprint density at radius 2 is 1.65 bits per heavy atom. The first-order chi connectivity index (χ1) is 12.8. The van der Waals surface area contributed by atoms with Crippen LogP contribution < -0.4 is 20.1 Å². The minimum atomic E-state index is -0.311. The molecule has 0 atom stereocenters. The van der Waals surface area contributed by atoms with Crippen LogP contribution in [0, 0.1) is 0 Å². The molecule has 1 amide bonds. The second-order valence-corrected chi connectivity index (χ2v) is 5.61. The number of rotatable bonds is 4. The molecule has 0 aliphatic carbocycles. The summed E-state index contributed by atoms with van der Waals surface area (Å²) in [4.78, 5) is 12.2. The highest BCUT2D eigenvalue weighted by atomic mass is 16.6. The maximum Gasteiger partial charge on any atom is 0.276 e. The molecule has 7 heteroatoms. The number of amides is 1. The van der Waals surface area contributed by atoms with E-state index in [-0.39, 0.29) is 11.6 Å². The summed E-state index contributed by atoms with van der Waals surface area (Å²) in [5.41, 5.74) is 1.74. The first-order valence-electron chi connectivity index (χ1n) is 8.15. The third-order valence-corrected chi connectivity index (χ3v) is 3.74. The largest absolute Gasteiger partial charge is 0.486 e. The van der Waals surface area contributed by atoms with Crippen molar-refractivity contribution in [3.8, 4) is 11.5 Å². The predicted molar refractivity (Wildman–Crippen MR) is 97.1 cm³/mol. The number of benzene rings is 2. The lowest BCUT2D eigenvalue weighted by Gasteiger charge is -2.19. The van der Waals surface area contributed by atoms with Crippen molar-refractivity contribution < 1.29 is 14.3 Å². The van der Waals surface area contributed by atoms with Crippen LogP contribution in [0.4, 0.5) is 17.2 Å². The van der Waals surface area contributed by atoms with E-state index in [2.05, 4.69) is 20.8 Å². The zero-order chi connectivity index (χ0) is 17.8. The van der Waals surface area contributed by atoms with Crippen molar-refractivity contribution in [2.75, 3.05) is 23.8 Å². The second-order valence-electron chi connectivity index (χ2n) is 5.61. The smallest absolute Gasteiger partial charge is 0.276 e. The minimum Gasteiger partial charge on any atom is -0.486 e. The average Bonchev–Trinajstić information content (AvgIpc) is 2.69. The molecule has 0 radical (unpaired) electrons. The number of anilines is 3. The van der Waals surface area contributed by atoms with Gasteiger partial charge in [-0.15, -0.1) is 10.2 Å². The maximum absolute atomic E-state index is 12.2. The minimum absolute atomic E-state index is 0.238. The van der Waals surface area contributed by atoms with E-state index in [0.29, 0.717) is 30.5 Å². The third kappa shape index (κ3) is 3.56. The number of nitrogens with zero attached hydrogens (tertiary/aromatic N) is 2. The van der Waals surface area contributed by atoms with Crippen LogP contribution in [-0.2, 0) is 0 Å². The van der Waals surface area contributed by atoms with Gasteiger partial charge >= 0.3 is 0 Å². The van der Waals surface area contributed by atoms with E-state index < -0.39 is 0 Å². The standard InChI is InChI=1S/C19H16N4O3/c24-19(21-13-4-2-1-3-5-13)15-7-9-18(23-22-15)20-14-6-8-16-17(12-14)26-11-10-25-16/h1-9,12H,10-11H2,(H,20,23)(H,21,24). The molecule has 1 aliphatic heterocycles. The van der Waals surface area contributed by atoms with Crippen LogP contribution in [0.15, 0.2) is 60.7 Å². The molecular weight excluding hydrogens is 332 g/mol. The van der Waals surface area contributed by atoms with Gasteiger partial charge in [-0.1, -0.05) is 18.2 Å². The van der Waals surface area contributed by atoms with Crippen molar-refractivity contribution >= 4 is 23.1 Å². The van der Waals surface area contributed by atoms with Crippen molar-refractivity contribution in [3.63, 3.8) is 0 Å². The molecule has 0 saturated carbocycles. The Morgan fingerprint density at radius 3 is 2.42 bits per heavy atom. The third-order valence-electron chi connectivity index (χ3n) is 3.74. The fraction of sp³-hybridized carbons (Fsp3) is 0.105. The molecule has 0 spiro atoms. The topological polar surface area (TPSA) is 85.4 Å². The molecule has 1 aliphatic rings. The highest BCUT2D eigenvalue weighted by Crippen LogP contribution is 2.33. The van der Waals surface area contributed by atoms with E-state index in [1.165, 1.54) is 0 Å². The summed E-state index contributed by atoms with van der Waals surface area (Å²) in [6.45, 7) is 1.08. The Kier molecular flexibility index (Phi) is 4.34. The normalized spacial score (nSPS) is 12.3. The number of para-hydroxylation sites is 1. The first-order valence-corrected chi connectivity index (χ1v) is 8.15. The Hall–Kier alpha value is -3.61. The van der Waals surface area contributed by atoms with Crippen molar-refractivity contribution in [3.05, 3.63) is 66.4 Å². The fourth-order valence-corrected chi connectivity index (χ4v) is 2.51. The number of hydrogen-bond acceptors (Lipinski definition) is 6. The van der Waals surface area contributed by atoms with Gasteiger partial charge in [0.25, 0.3) is 5.91 Å². The lowest BCUT2D eigenvalue weighted by Crippen LogP contribution is -2.15. The molecule has 1 aromatic heterocycles. The van der Waals surface area contributed by atoms with E-state index in [9.17, 15) is 4.79 Å². The maximum atomic E-state index is 12.2. The van der Waals surface area contributed by atoms with E-state index in [4.69, 9.17) is 9.47 Å². The zero-order valence-corrected chi connectivity index (χ0v) is 13.8. The van der Waals surface area contributed by atoms with Crippen molar-refractivity contribution in [1.29, 1.82) is 0 Å². The van der Waals surface area contributed by atoms with Gasteiger partial charge in [-0.25, -0.2) is 0 Å². The van der Waals surface area contributed by atoms with Crippen LogP contribution in [-0.4, -0.2) is 29.3 Å². The molecular formula is C19H16N4O3. The van der Waals surface area contributed by atoms with Crippen LogP contribution in [0.5, 0.6) is 11.5 Å². The lowest BCUT2D eigenvalue weighted by atomic mass is 10.2. The van der Waals surface area contributed by atoms with E-state index in [1.807, 2.05) is 48.5 Å². The summed E-state index contributed by atoms with van der Waals surface area (Å²) in [6, 6.07) is 18.1. The van der Waals surface area contributed by atoms with Crippen LogP contribution in [0.2, 0.25) is 0 Å². The highest BCUT2D eigenvalue weighted by Gasteiger charge is 2.12. The molecule has 26 heavy (non-hydrogen) atoms. The molecule has 2 heterocycles. The van der Waals surface area contributed by atoms with Crippen LogP contribution in [0.1, 0.15) is 10.5 Å². The second kappa shape index (κ2) is 7.10. The molecule has 2 aromatic carbocycles. The van der Waals surface area contributed by atoms with Gasteiger partial charge in [0.15, 0.2) is 23.0 Å². The van der Waals surface area contributed by atoms with Crippen molar-refractivity contribution in [2.45, 2.75) is 0 Å². The molecule has 0 bridgehead atoms. The van der Waals surface area contributed by atoms with Gasteiger partial charge in [0.2, 0.25) is 0 Å². The van der Waals surface area contributed by atoms with Crippen molar-refractivity contribution in [1.82, 2.24) is 10.2 Å². The summed E-state index contributed by atoms with van der Waals surface area (Å²) in [7, 11) is 0. The molecule has 2 N–H and O–H groups in total. The average molecular weight is 348 g/mol. The Balaban J connectivity index is 1.43. The SMILES string of the molecule is O=C(Nc1ccccc1)c1ccc(Nc2ccc3c(c2)OCCO3)nn1. The summed E-state index contributed by atoms with van der Waals surface area (Å²) in [5.74, 6) is 1.63. The zero-order valence-electron chi connectivity index (χ0n) is 13.8. The van der Waals surface area contributed by atoms with Crippen LogP contribution >= 0.6 is 0 Å². The number of ether oxygens (including phenoxy) is 2. The van der Waals surface area contributed by atoms with Gasteiger partial charge in [-0.05, 0) is 36.4 Å². The van der Waals surface area contributed by atoms with Crippen LogP contribution in [0.25, 0.3) is 0 Å². The summed E-state index contributed by atoms with van der Waals surface area (Å²) < 4.78 is 11.0. The summed E-state index contributed by atoms with van der Waals surface area (Å²) >= 11 is 0. The molecule has 0 saturated heterocycles. The first kappa shape index (κ1) is 15.9. The molecule has 7 nitrogen and oxygen atoms in total. The lowest BCUT2D eigenvalue weighted by molar-refractivity contribution is 0.102. The van der Waals surface area contributed by atoms with Gasteiger partial charge in [0.05, 0.1) is 0 Å². The monoisotopic (exact) mass is 348 g/mol. The fourth-order valence-electron chi connectivity index (χ4n) is 2.51. The number of nitrogens with one attached hydrogen (secondary N) is 2. The van der Waals surface area contributed by atoms with Crippen molar-refractivity contribution in [2.24, 2.45) is 0 Å². The molecule has 130 valence electrons. The number of hydrogen-bond donors (Lipinski definition) is 2. The van der Waals surface area contributed by atoms with Gasteiger partial charge in [0, 0.05) is 17.4 Å². The van der Waals surface area contributed by atoms with Crippen LogP contribution in [0.3, 0.4) is 0 Å². The van der Waals surface area contributed by atoms with E-state index >= 15 is 0 Å². The van der Waals surface area contributed by atoms with E-state index in [1.54, 1.807) is 12.1 Å². The quantitative estimate of drug-likeness (QED) is 0.753. The van der Waals surface area contributed by atoms with E-state index in [0.717, 1.165) is 11.4 Å². The van der Waals surface area contributed by atoms with Gasteiger partial charge in [0.1, 0.15) is 13.2 Å². The van der Waals surface area contributed by atoms with Gasteiger partial charge in [-0.3, -0.25) is 4.79 Å². The molecule has 0 unspecified atom stereocenters. The molecule has 0 fully saturated rings. The number of carbonyl (C=O) groups is 1. The molecule has 4 rings (SSSR count). The van der Waals surface area contributed by atoms with Gasteiger partial charge < -0.3 is 20.1 Å². The Labute approximate surface area is 150 Å². The Bertz CT molecular complexity index is 914. The predicted octanol–water partition coefficient (Wildman–Crippen LogP) is 3.24. The Morgan fingerprint density at radius 1 is 0.846 bits per heavy atom. The van der Waals surface area contributed by atoms with Gasteiger partial charge in [-0.2, -0.15) is 0 Å². The summed E-state index contributed by atoms with van der Waals surface area (Å²) in [6.07, 6.45) is 0. The summed E-state index contributed by atoms with van der Waals surface area (Å²) in [5, 5.41) is 13.9.